The number of methoxy groups -OCH3 is 1. The van der Waals surface area contributed by atoms with Crippen molar-refractivity contribution >= 4 is 6.09 Å². The van der Waals surface area contributed by atoms with Gasteiger partial charge in [0.25, 0.3) is 0 Å². The third kappa shape index (κ3) is 11.1. The van der Waals surface area contributed by atoms with E-state index in [2.05, 4.69) is 12.2 Å². The summed E-state index contributed by atoms with van der Waals surface area (Å²) in [5.41, 5.74) is 0. The van der Waals surface area contributed by atoms with E-state index in [9.17, 15) is 4.79 Å². The normalized spacial score (nSPS) is 10.0. The Morgan fingerprint density at radius 1 is 1.20 bits per heavy atom. The maximum atomic E-state index is 11.0. The molecule has 0 spiro atoms. The Kier molecular flexibility index (Phi) is 10.7. The van der Waals surface area contributed by atoms with Gasteiger partial charge in [0.05, 0.1) is 19.8 Å². The molecule has 0 aliphatic heterocycles. The lowest BCUT2D eigenvalue weighted by molar-refractivity contribution is 0.0421. The van der Waals surface area contributed by atoms with E-state index in [0.29, 0.717) is 26.4 Å². The Hall–Kier alpha value is -0.810. The van der Waals surface area contributed by atoms with Gasteiger partial charge in [-0.1, -0.05) is 13.3 Å². The van der Waals surface area contributed by atoms with Crippen LogP contribution in [0.5, 0.6) is 0 Å². The summed E-state index contributed by atoms with van der Waals surface area (Å²) in [4.78, 5) is 11.0. The lowest BCUT2D eigenvalue weighted by Crippen LogP contribution is -2.26. The van der Waals surface area contributed by atoms with E-state index in [1.165, 1.54) is 0 Å². The Labute approximate surface area is 91.1 Å². The summed E-state index contributed by atoms with van der Waals surface area (Å²) in [5, 5.41) is 2.64. The molecule has 0 heterocycles. The molecule has 0 unspecified atom stereocenters. The van der Waals surface area contributed by atoms with Gasteiger partial charge in [-0.3, -0.25) is 0 Å². The van der Waals surface area contributed by atoms with Crippen LogP contribution in [-0.2, 0) is 14.2 Å². The summed E-state index contributed by atoms with van der Waals surface area (Å²) >= 11 is 0. The third-order valence-corrected chi connectivity index (χ3v) is 1.69. The van der Waals surface area contributed by atoms with E-state index < -0.39 is 0 Å². The van der Waals surface area contributed by atoms with Crippen molar-refractivity contribution in [3.8, 4) is 0 Å². The van der Waals surface area contributed by atoms with Crippen molar-refractivity contribution in [2.75, 3.05) is 40.1 Å². The summed E-state index contributed by atoms with van der Waals surface area (Å²) < 4.78 is 14.8. The zero-order chi connectivity index (χ0) is 11.4. The molecule has 0 aromatic carbocycles. The number of unbranched alkanes of at least 4 members (excludes halogenated alkanes) is 1. The summed E-state index contributed by atoms with van der Waals surface area (Å²) in [6.07, 6.45) is 1.65. The number of hydrogen-bond acceptors (Lipinski definition) is 4. The first-order chi connectivity index (χ1) is 7.31. The minimum Gasteiger partial charge on any atom is -0.447 e. The van der Waals surface area contributed by atoms with Gasteiger partial charge in [-0.25, -0.2) is 4.79 Å². The highest BCUT2D eigenvalue weighted by Crippen LogP contribution is 1.85. The van der Waals surface area contributed by atoms with Gasteiger partial charge in [-0.05, 0) is 6.42 Å². The van der Waals surface area contributed by atoms with Gasteiger partial charge < -0.3 is 19.5 Å². The summed E-state index contributed by atoms with van der Waals surface area (Å²) in [6, 6.07) is 0. The van der Waals surface area contributed by atoms with Gasteiger partial charge in [0.1, 0.15) is 6.61 Å². The van der Waals surface area contributed by atoms with Crippen LogP contribution in [0.3, 0.4) is 0 Å². The van der Waals surface area contributed by atoms with E-state index >= 15 is 0 Å². The largest absolute Gasteiger partial charge is 0.447 e. The molecule has 0 saturated heterocycles. The molecule has 0 bridgehead atoms. The zero-order valence-corrected chi connectivity index (χ0v) is 9.58. The highest BCUT2D eigenvalue weighted by molar-refractivity contribution is 5.66. The number of ether oxygens (including phenoxy) is 3. The fourth-order valence-electron chi connectivity index (χ4n) is 0.856. The van der Waals surface area contributed by atoms with Crippen LogP contribution in [-0.4, -0.2) is 46.2 Å². The van der Waals surface area contributed by atoms with Crippen LogP contribution in [0.2, 0.25) is 0 Å². The molecule has 0 radical (unpaired) electrons. The number of carbonyl (C=O) groups excluding carboxylic acids is 1. The second-order valence-corrected chi connectivity index (χ2v) is 3.02. The first kappa shape index (κ1) is 14.2. The van der Waals surface area contributed by atoms with Gasteiger partial charge >= 0.3 is 6.09 Å². The maximum Gasteiger partial charge on any atom is 0.407 e. The monoisotopic (exact) mass is 219 g/mol. The maximum absolute atomic E-state index is 11.0. The Morgan fingerprint density at radius 3 is 2.60 bits per heavy atom. The van der Waals surface area contributed by atoms with E-state index in [1.807, 2.05) is 0 Å². The third-order valence-electron chi connectivity index (χ3n) is 1.69. The van der Waals surface area contributed by atoms with E-state index in [-0.39, 0.29) is 12.7 Å². The first-order valence-corrected chi connectivity index (χ1v) is 5.28. The zero-order valence-electron chi connectivity index (χ0n) is 9.58. The molecule has 0 atom stereocenters. The molecule has 0 rings (SSSR count). The number of carbonyl (C=O) groups is 1. The fourth-order valence-corrected chi connectivity index (χ4v) is 0.856. The topological polar surface area (TPSA) is 56.8 Å². The average Bonchev–Trinajstić information content (AvgIpc) is 2.23. The van der Waals surface area contributed by atoms with Crippen molar-refractivity contribution in [3.05, 3.63) is 0 Å². The minimum atomic E-state index is -0.376. The lowest BCUT2D eigenvalue weighted by atomic mass is 10.3. The van der Waals surface area contributed by atoms with Crippen LogP contribution in [0.1, 0.15) is 19.8 Å². The van der Waals surface area contributed by atoms with Crippen molar-refractivity contribution in [2.45, 2.75) is 19.8 Å². The quantitative estimate of drug-likeness (QED) is 0.591. The molecule has 0 fully saturated rings. The number of alkyl carbamates (subject to hydrolysis) is 1. The van der Waals surface area contributed by atoms with Gasteiger partial charge in [-0.2, -0.15) is 0 Å². The molecular formula is C10H21NO4. The van der Waals surface area contributed by atoms with Gasteiger partial charge in [0.2, 0.25) is 0 Å². The lowest BCUT2D eigenvalue weighted by Gasteiger charge is -2.06. The van der Waals surface area contributed by atoms with Crippen LogP contribution in [0, 0.1) is 0 Å². The molecule has 0 aliphatic carbocycles. The summed E-state index contributed by atoms with van der Waals surface area (Å²) in [5.74, 6) is 0. The molecule has 1 N–H and O–H groups in total. The minimum absolute atomic E-state index is 0.279. The Balaban J connectivity index is 3.10. The van der Waals surface area contributed by atoms with Crippen LogP contribution in [0.4, 0.5) is 4.79 Å². The van der Waals surface area contributed by atoms with Gasteiger partial charge in [-0.15, -0.1) is 0 Å². The van der Waals surface area contributed by atoms with Crippen LogP contribution < -0.4 is 5.32 Å². The second kappa shape index (κ2) is 11.3. The molecule has 0 saturated carbocycles. The number of amides is 1. The number of hydrogen-bond donors (Lipinski definition) is 1. The predicted molar refractivity (Wildman–Crippen MR) is 57.0 cm³/mol. The number of nitrogens with one attached hydrogen (secondary N) is 1. The Morgan fingerprint density at radius 2 is 1.93 bits per heavy atom. The van der Waals surface area contributed by atoms with Crippen LogP contribution in [0.15, 0.2) is 0 Å². The van der Waals surface area contributed by atoms with Crippen LogP contribution >= 0.6 is 0 Å². The van der Waals surface area contributed by atoms with E-state index in [4.69, 9.17) is 14.2 Å². The average molecular weight is 219 g/mol. The van der Waals surface area contributed by atoms with E-state index in [0.717, 1.165) is 12.8 Å². The fraction of sp³-hybridized carbons (Fsp3) is 0.900. The molecule has 15 heavy (non-hydrogen) atoms. The standard InChI is InChI=1S/C10H21NO4/c1-3-4-5-11-10(12)15-9-8-14-7-6-13-2/h3-9H2,1-2H3,(H,11,12). The molecule has 5 heteroatoms. The molecule has 0 aromatic heterocycles. The highest BCUT2D eigenvalue weighted by Gasteiger charge is 1.99. The molecular weight excluding hydrogens is 198 g/mol. The van der Waals surface area contributed by atoms with Crippen molar-refractivity contribution in [1.29, 1.82) is 0 Å². The number of rotatable bonds is 9. The predicted octanol–water partition coefficient (Wildman–Crippen LogP) is 1.18. The summed E-state index contributed by atoms with van der Waals surface area (Å²) in [7, 11) is 1.61. The van der Waals surface area contributed by atoms with Crippen molar-refractivity contribution in [3.63, 3.8) is 0 Å². The summed E-state index contributed by atoms with van der Waals surface area (Å²) in [6.45, 7) is 4.50. The van der Waals surface area contributed by atoms with Gasteiger partial charge in [0, 0.05) is 13.7 Å². The molecule has 5 nitrogen and oxygen atoms in total. The smallest absolute Gasteiger partial charge is 0.407 e. The van der Waals surface area contributed by atoms with E-state index in [1.54, 1.807) is 7.11 Å². The SMILES string of the molecule is CCCCNC(=O)OCCOCCOC. The van der Waals surface area contributed by atoms with Crippen molar-refractivity contribution < 1.29 is 19.0 Å². The van der Waals surface area contributed by atoms with Crippen LogP contribution in [0.25, 0.3) is 0 Å². The Bertz CT molecular complexity index is 152. The van der Waals surface area contributed by atoms with Crippen molar-refractivity contribution in [1.82, 2.24) is 5.32 Å². The highest BCUT2D eigenvalue weighted by atomic mass is 16.6. The van der Waals surface area contributed by atoms with Gasteiger partial charge in [0.15, 0.2) is 0 Å². The first-order valence-electron chi connectivity index (χ1n) is 5.28. The molecule has 0 aromatic rings. The van der Waals surface area contributed by atoms with Crippen molar-refractivity contribution in [2.24, 2.45) is 0 Å². The second-order valence-electron chi connectivity index (χ2n) is 3.02. The molecule has 0 aliphatic rings. The molecule has 1 amide bonds. The molecule has 90 valence electrons.